The number of hydrogen-bond donors (Lipinski definition) is 1. The van der Waals surface area contributed by atoms with Gasteiger partial charge in [0.25, 0.3) is 0 Å². The zero-order chi connectivity index (χ0) is 25.3. The minimum Gasteiger partial charge on any atom is -0.442 e. The highest BCUT2D eigenvalue weighted by atomic mass is 32.2. The lowest BCUT2D eigenvalue weighted by atomic mass is 10.0. The molecule has 1 atom stereocenters. The summed E-state index contributed by atoms with van der Waals surface area (Å²) in [4.78, 5) is 27.3. The molecule has 2 fully saturated rings. The van der Waals surface area contributed by atoms with Crippen LogP contribution in [0.3, 0.4) is 0 Å². The first-order chi connectivity index (χ1) is 16.5. The monoisotopic (exact) mass is 513 g/mol. The molecule has 0 bridgehead atoms. The fraction of sp³-hybridized carbons (Fsp3) is 0.550. The Balaban J connectivity index is 1.41. The molecule has 2 aliphatic rings. The molecule has 0 radical (unpaired) electrons. The standard InChI is InChI=1S/C20H25F2N7O5S/c1-12(30)23-9-15-10-28(20(31)34-15)14-7-16(21)19(17(22)8-14)27-5-3-13(4-6-27)29-25-18(24-26-29)11-35(2,32)33/h7-8,13,15H,3-6,9-11H2,1-2H3,(H,23,30)/t15-/m0/s1. The fourth-order valence-corrected chi connectivity index (χ4v) is 4.71. The Morgan fingerprint density at radius 3 is 2.49 bits per heavy atom. The van der Waals surface area contributed by atoms with Crippen molar-refractivity contribution in [3.8, 4) is 0 Å². The molecule has 0 spiro atoms. The molecule has 0 aliphatic carbocycles. The van der Waals surface area contributed by atoms with E-state index in [2.05, 4.69) is 20.7 Å². The normalized spacial score (nSPS) is 19.2. The number of rotatable bonds is 7. The molecular weight excluding hydrogens is 488 g/mol. The first kappa shape index (κ1) is 24.8. The van der Waals surface area contributed by atoms with Crippen LogP contribution in [0.15, 0.2) is 12.1 Å². The molecule has 1 aromatic heterocycles. The molecule has 15 heteroatoms. The van der Waals surface area contributed by atoms with Crippen molar-refractivity contribution in [2.75, 3.05) is 42.2 Å². The number of ether oxygens (including phenoxy) is 1. The molecule has 190 valence electrons. The van der Waals surface area contributed by atoms with Crippen molar-refractivity contribution in [2.45, 2.75) is 37.7 Å². The number of tetrazole rings is 1. The summed E-state index contributed by atoms with van der Waals surface area (Å²) in [7, 11) is -3.29. The summed E-state index contributed by atoms with van der Waals surface area (Å²) in [6, 6.07) is 1.99. The van der Waals surface area contributed by atoms with Gasteiger partial charge in [0, 0.05) is 38.4 Å². The topological polar surface area (TPSA) is 140 Å². The molecular formula is C20H25F2N7O5S. The number of sulfone groups is 1. The van der Waals surface area contributed by atoms with E-state index in [-0.39, 0.29) is 48.0 Å². The molecule has 35 heavy (non-hydrogen) atoms. The van der Waals surface area contributed by atoms with Crippen LogP contribution in [0.5, 0.6) is 0 Å². The van der Waals surface area contributed by atoms with Crippen LogP contribution in [-0.2, 0) is 25.1 Å². The Labute approximate surface area is 200 Å². The lowest BCUT2D eigenvalue weighted by Crippen LogP contribution is -2.36. The Morgan fingerprint density at radius 1 is 1.23 bits per heavy atom. The molecule has 12 nitrogen and oxygen atoms in total. The van der Waals surface area contributed by atoms with E-state index >= 15 is 0 Å². The van der Waals surface area contributed by atoms with Crippen molar-refractivity contribution in [2.24, 2.45) is 0 Å². The predicted octanol–water partition coefficient (Wildman–Crippen LogP) is 0.799. The Kier molecular flexibility index (Phi) is 6.87. The fourth-order valence-electron chi connectivity index (χ4n) is 4.13. The maximum absolute atomic E-state index is 15.0. The number of nitrogens with one attached hydrogen (secondary N) is 1. The van der Waals surface area contributed by atoms with Crippen molar-refractivity contribution in [3.63, 3.8) is 0 Å². The quantitative estimate of drug-likeness (QED) is 0.569. The van der Waals surface area contributed by atoms with Gasteiger partial charge < -0.3 is 15.0 Å². The molecule has 3 heterocycles. The van der Waals surface area contributed by atoms with Gasteiger partial charge in [-0.15, -0.1) is 10.2 Å². The second-order valence-electron chi connectivity index (χ2n) is 8.63. The van der Waals surface area contributed by atoms with Gasteiger partial charge in [-0.25, -0.2) is 22.0 Å². The Morgan fingerprint density at radius 2 is 1.89 bits per heavy atom. The van der Waals surface area contributed by atoms with E-state index in [0.29, 0.717) is 25.9 Å². The van der Waals surface area contributed by atoms with E-state index in [4.69, 9.17) is 4.74 Å². The van der Waals surface area contributed by atoms with Gasteiger partial charge in [0.15, 0.2) is 27.3 Å². The summed E-state index contributed by atoms with van der Waals surface area (Å²) in [5, 5.41) is 14.4. The summed E-state index contributed by atoms with van der Waals surface area (Å²) in [5.41, 5.74) is -0.168. The summed E-state index contributed by atoms with van der Waals surface area (Å²) < 4.78 is 58.0. The Hall–Kier alpha value is -3.36. The summed E-state index contributed by atoms with van der Waals surface area (Å²) in [6.07, 6.45) is 0.650. The molecule has 2 amide bonds. The summed E-state index contributed by atoms with van der Waals surface area (Å²) in [5.74, 6) is -2.12. The van der Waals surface area contributed by atoms with Crippen LogP contribution in [0.1, 0.15) is 31.6 Å². The maximum atomic E-state index is 15.0. The average Bonchev–Trinajstić information content (AvgIpc) is 3.37. The van der Waals surface area contributed by atoms with Crippen LogP contribution < -0.4 is 15.1 Å². The lowest BCUT2D eigenvalue weighted by molar-refractivity contribution is -0.119. The van der Waals surface area contributed by atoms with Gasteiger partial charge in [-0.2, -0.15) is 4.80 Å². The van der Waals surface area contributed by atoms with E-state index in [1.165, 1.54) is 11.7 Å². The highest BCUT2D eigenvalue weighted by Crippen LogP contribution is 2.33. The molecule has 2 aromatic rings. The third kappa shape index (κ3) is 5.83. The lowest BCUT2D eigenvalue weighted by Gasteiger charge is -2.33. The van der Waals surface area contributed by atoms with Crippen molar-refractivity contribution in [3.05, 3.63) is 29.6 Å². The first-order valence-electron chi connectivity index (χ1n) is 10.9. The molecule has 2 aliphatic heterocycles. The number of nitrogens with zero attached hydrogens (tertiary/aromatic N) is 6. The predicted molar refractivity (Wildman–Crippen MR) is 120 cm³/mol. The first-order valence-corrected chi connectivity index (χ1v) is 13.0. The van der Waals surface area contributed by atoms with Crippen LogP contribution in [0.4, 0.5) is 25.0 Å². The van der Waals surface area contributed by atoms with E-state index in [9.17, 15) is 26.8 Å². The maximum Gasteiger partial charge on any atom is 0.414 e. The van der Waals surface area contributed by atoms with Crippen molar-refractivity contribution >= 4 is 33.2 Å². The van der Waals surface area contributed by atoms with Gasteiger partial charge in [0.1, 0.15) is 17.5 Å². The average molecular weight is 514 g/mol. The number of carbonyl (C=O) groups excluding carboxylic acids is 2. The van der Waals surface area contributed by atoms with Gasteiger partial charge >= 0.3 is 6.09 Å². The van der Waals surface area contributed by atoms with Gasteiger partial charge in [-0.3, -0.25) is 9.69 Å². The van der Waals surface area contributed by atoms with Gasteiger partial charge in [0.05, 0.1) is 24.8 Å². The van der Waals surface area contributed by atoms with Crippen molar-refractivity contribution in [1.29, 1.82) is 0 Å². The van der Waals surface area contributed by atoms with E-state index in [0.717, 1.165) is 23.3 Å². The highest BCUT2D eigenvalue weighted by Gasteiger charge is 2.34. The largest absolute Gasteiger partial charge is 0.442 e. The number of halogens is 2. The number of piperidine rings is 1. The zero-order valence-corrected chi connectivity index (χ0v) is 20.0. The SMILES string of the molecule is CC(=O)NC[C@H]1CN(c2cc(F)c(N3CCC(n4nnc(CS(C)(=O)=O)n4)CC3)c(F)c2)C(=O)O1. The van der Waals surface area contributed by atoms with Crippen LogP contribution in [0, 0.1) is 11.6 Å². The minimum atomic E-state index is -3.29. The number of carbonyl (C=O) groups is 2. The van der Waals surface area contributed by atoms with Gasteiger partial charge in [-0.1, -0.05) is 0 Å². The molecule has 4 rings (SSSR count). The second kappa shape index (κ2) is 9.71. The van der Waals surface area contributed by atoms with E-state index < -0.39 is 33.7 Å². The van der Waals surface area contributed by atoms with E-state index in [1.807, 2.05) is 0 Å². The third-order valence-electron chi connectivity index (χ3n) is 5.73. The summed E-state index contributed by atoms with van der Waals surface area (Å²) in [6.45, 7) is 2.11. The van der Waals surface area contributed by atoms with Gasteiger partial charge in [0.2, 0.25) is 5.91 Å². The number of aromatic nitrogens is 4. The zero-order valence-electron chi connectivity index (χ0n) is 19.1. The third-order valence-corrected chi connectivity index (χ3v) is 6.52. The molecule has 0 saturated carbocycles. The van der Waals surface area contributed by atoms with Crippen LogP contribution in [0.25, 0.3) is 0 Å². The smallest absolute Gasteiger partial charge is 0.414 e. The highest BCUT2D eigenvalue weighted by molar-refractivity contribution is 7.89. The number of benzene rings is 1. The van der Waals surface area contributed by atoms with E-state index in [1.54, 1.807) is 4.90 Å². The number of anilines is 2. The molecule has 1 N–H and O–H groups in total. The second-order valence-corrected chi connectivity index (χ2v) is 10.8. The molecule has 1 aromatic carbocycles. The van der Waals surface area contributed by atoms with Crippen LogP contribution in [-0.4, -0.2) is 79.2 Å². The van der Waals surface area contributed by atoms with Crippen LogP contribution in [0.2, 0.25) is 0 Å². The number of cyclic esters (lactones) is 1. The number of amides is 2. The minimum absolute atomic E-state index is 0.0270. The Bertz CT molecular complexity index is 1210. The van der Waals surface area contributed by atoms with Crippen molar-refractivity contribution in [1.82, 2.24) is 25.5 Å². The number of hydrogen-bond acceptors (Lipinski definition) is 9. The van der Waals surface area contributed by atoms with Crippen LogP contribution >= 0.6 is 0 Å². The molecule has 0 unspecified atom stereocenters. The van der Waals surface area contributed by atoms with Gasteiger partial charge in [-0.05, 0) is 18.1 Å². The summed E-state index contributed by atoms with van der Waals surface area (Å²) >= 11 is 0. The molecule has 2 saturated heterocycles. The van der Waals surface area contributed by atoms with Crippen molar-refractivity contribution < 1.29 is 31.5 Å².